The first-order valence-electron chi connectivity index (χ1n) is 21.8. The van der Waals surface area contributed by atoms with Crippen LogP contribution in [0.3, 0.4) is 0 Å². The summed E-state index contributed by atoms with van der Waals surface area (Å²) in [5.74, 6) is -1.37. The molecular formula is C47H65N3O10. The van der Waals surface area contributed by atoms with Crippen molar-refractivity contribution in [2.75, 3.05) is 46.2 Å². The summed E-state index contributed by atoms with van der Waals surface area (Å²) < 4.78 is 26.0. The maximum atomic E-state index is 14.5. The van der Waals surface area contributed by atoms with Crippen molar-refractivity contribution in [1.29, 1.82) is 0 Å². The largest absolute Gasteiger partial charge is 0.459 e. The maximum Gasteiger partial charge on any atom is 0.412 e. The van der Waals surface area contributed by atoms with Gasteiger partial charge in [-0.2, -0.15) is 0 Å². The fourth-order valence-electron chi connectivity index (χ4n) is 9.13. The molecular weight excluding hydrogens is 767 g/mol. The van der Waals surface area contributed by atoms with Gasteiger partial charge < -0.3 is 49.3 Å². The second-order valence-electron chi connectivity index (χ2n) is 17.3. The van der Waals surface area contributed by atoms with E-state index in [1.165, 1.54) is 0 Å². The van der Waals surface area contributed by atoms with Gasteiger partial charge in [0.15, 0.2) is 0 Å². The standard InChI is InChI=1S/C47H65N3O10/c1-5-25-57-47-41(50(21-26-56-27-24-53)44(54)33-17-18-33)30-39(49-60-46(2,3)4)37-28-34(15-9-11-22-51)36(16-10-12-23-52)42(43(37)47)38-29-35(19-20-40(38)59-47)58-45(55)48-31-32-13-7-6-8-14-32/h5-8,13-14,19-20,28-29,33-34,36,41-43,51-53H,1,9-12,15-18,21-27,30-31H2,2-4H3,(H,48,55). The van der Waals surface area contributed by atoms with Crippen LogP contribution in [0, 0.1) is 23.7 Å². The molecule has 1 aliphatic heterocycles. The molecule has 2 amide bonds. The monoisotopic (exact) mass is 831 g/mol. The molecule has 4 N–H and O–H groups in total. The number of hydrogen-bond donors (Lipinski definition) is 4. The number of carbonyl (C=O) groups excluding carboxylic acids is 2. The number of unbranched alkanes of at least 4 members (excludes halogenated alkanes) is 2. The van der Waals surface area contributed by atoms with Crippen LogP contribution in [-0.4, -0.2) is 102 Å². The van der Waals surface area contributed by atoms with E-state index in [0.29, 0.717) is 36.6 Å². The Labute approximate surface area is 354 Å². The SMILES string of the molecule is C=CCOC12Oc3ccc(OC(=O)NCc4ccccc4)cc3C3C(CCCCO)C(CCCCO)C=C(C(=NOC(C)(C)C)CC1N(CCOCCO)C(=O)C1CC1)C32. The summed E-state index contributed by atoms with van der Waals surface area (Å²) in [6, 6.07) is 14.4. The number of aliphatic hydroxyl groups is 3. The Bertz CT molecular complexity index is 1810. The van der Waals surface area contributed by atoms with Gasteiger partial charge in [0.25, 0.3) is 0 Å². The molecule has 13 heteroatoms. The summed E-state index contributed by atoms with van der Waals surface area (Å²) in [7, 11) is 0. The predicted molar refractivity (Wildman–Crippen MR) is 227 cm³/mol. The van der Waals surface area contributed by atoms with E-state index in [1.54, 1.807) is 12.1 Å². The molecule has 2 aromatic carbocycles. The molecule has 328 valence electrons. The molecule has 0 saturated heterocycles. The molecule has 0 radical (unpaired) electrons. The summed E-state index contributed by atoms with van der Waals surface area (Å²) in [6.07, 6.45) is 9.69. The van der Waals surface area contributed by atoms with Gasteiger partial charge in [0.2, 0.25) is 11.7 Å². The third-order valence-electron chi connectivity index (χ3n) is 11.9. The van der Waals surface area contributed by atoms with E-state index in [1.807, 2.05) is 68.1 Å². The van der Waals surface area contributed by atoms with E-state index in [4.69, 9.17) is 28.9 Å². The van der Waals surface area contributed by atoms with E-state index in [2.05, 4.69) is 18.0 Å². The van der Waals surface area contributed by atoms with Gasteiger partial charge in [-0.3, -0.25) is 4.79 Å². The van der Waals surface area contributed by atoms with Crippen molar-refractivity contribution < 1.29 is 48.7 Å². The summed E-state index contributed by atoms with van der Waals surface area (Å²) in [4.78, 5) is 35.8. The zero-order chi connectivity index (χ0) is 42.7. The third-order valence-corrected chi connectivity index (χ3v) is 11.9. The van der Waals surface area contributed by atoms with Gasteiger partial charge in [0.1, 0.15) is 23.1 Å². The average molecular weight is 832 g/mol. The number of allylic oxidation sites excluding steroid dienone is 1. The summed E-state index contributed by atoms with van der Waals surface area (Å²) in [6.45, 7) is 10.9. The lowest BCUT2D eigenvalue weighted by atomic mass is 9.55. The van der Waals surface area contributed by atoms with Crippen LogP contribution >= 0.6 is 0 Å². The molecule has 2 fully saturated rings. The third kappa shape index (κ3) is 11.0. The highest BCUT2D eigenvalue weighted by Gasteiger charge is 2.66. The first kappa shape index (κ1) is 45.3. The number of rotatable bonds is 22. The lowest BCUT2D eigenvalue weighted by molar-refractivity contribution is -0.258. The van der Waals surface area contributed by atoms with Gasteiger partial charge in [-0.05, 0) is 100 Å². The molecule has 0 bridgehead atoms. The molecule has 13 nitrogen and oxygen atoms in total. The number of nitrogens with zero attached hydrogens (tertiary/aromatic N) is 2. The Morgan fingerprint density at radius 2 is 1.75 bits per heavy atom. The second kappa shape index (κ2) is 21.0. The van der Waals surface area contributed by atoms with Crippen molar-refractivity contribution in [3.05, 3.63) is 84.0 Å². The predicted octanol–water partition coefficient (Wildman–Crippen LogP) is 6.65. The molecule has 6 atom stereocenters. The van der Waals surface area contributed by atoms with E-state index in [9.17, 15) is 24.9 Å². The van der Waals surface area contributed by atoms with Crippen molar-refractivity contribution in [3.8, 4) is 11.5 Å². The molecule has 2 saturated carbocycles. The van der Waals surface area contributed by atoms with E-state index in [-0.39, 0.29) is 82.2 Å². The molecule has 6 rings (SSSR count). The van der Waals surface area contributed by atoms with Crippen LogP contribution in [-0.2, 0) is 25.7 Å². The Morgan fingerprint density at radius 3 is 2.43 bits per heavy atom. The van der Waals surface area contributed by atoms with Crippen molar-refractivity contribution in [1.82, 2.24) is 10.2 Å². The van der Waals surface area contributed by atoms with Crippen LogP contribution in [0.25, 0.3) is 0 Å². The van der Waals surface area contributed by atoms with Gasteiger partial charge in [0, 0.05) is 50.1 Å². The van der Waals surface area contributed by atoms with E-state index in [0.717, 1.165) is 55.2 Å². The summed E-state index contributed by atoms with van der Waals surface area (Å²) in [5, 5.41) is 37.1. The van der Waals surface area contributed by atoms with Gasteiger partial charge in [-0.25, -0.2) is 4.79 Å². The number of benzene rings is 2. The molecule has 3 aliphatic carbocycles. The topological polar surface area (TPSA) is 169 Å². The van der Waals surface area contributed by atoms with Crippen LogP contribution in [0.2, 0.25) is 0 Å². The Hall–Kier alpha value is -4.27. The number of hydrogen-bond acceptors (Lipinski definition) is 11. The van der Waals surface area contributed by atoms with Crippen molar-refractivity contribution in [2.45, 2.75) is 108 Å². The zero-order valence-corrected chi connectivity index (χ0v) is 35.6. The molecule has 60 heavy (non-hydrogen) atoms. The Morgan fingerprint density at radius 1 is 1.00 bits per heavy atom. The number of nitrogens with one attached hydrogen (secondary N) is 1. The normalized spacial score (nSPS) is 25.0. The van der Waals surface area contributed by atoms with Crippen LogP contribution in [0.4, 0.5) is 4.79 Å². The number of amides is 2. The smallest absolute Gasteiger partial charge is 0.412 e. The minimum atomic E-state index is -1.42. The molecule has 1 heterocycles. The average Bonchev–Trinajstić information content (AvgIpc) is 4.09. The van der Waals surface area contributed by atoms with Gasteiger partial charge in [-0.15, -0.1) is 6.58 Å². The fourth-order valence-corrected chi connectivity index (χ4v) is 9.13. The van der Waals surface area contributed by atoms with Crippen LogP contribution < -0.4 is 14.8 Å². The van der Waals surface area contributed by atoms with Crippen LogP contribution in [0.15, 0.2) is 78.0 Å². The summed E-state index contributed by atoms with van der Waals surface area (Å²) in [5.41, 5.74) is 2.81. The first-order chi connectivity index (χ1) is 29.0. The lowest BCUT2D eigenvalue weighted by Gasteiger charge is -2.60. The second-order valence-corrected chi connectivity index (χ2v) is 17.3. The number of ether oxygens (including phenoxy) is 4. The maximum absolute atomic E-state index is 14.5. The number of aliphatic hydroxyl groups excluding tert-OH is 3. The summed E-state index contributed by atoms with van der Waals surface area (Å²) >= 11 is 0. The molecule has 0 aromatic heterocycles. The lowest BCUT2D eigenvalue weighted by Crippen LogP contribution is -2.70. The molecule has 0 spiro atoms. The van der Waals surface area contributed by atoms with Gasteiger partial charge in [-0.1, -0.05) is 60.5 Å². The van der Waals surface area contributed by atoms with Gasteiger partial charge in [0.05, 0.1) is 38.1 Å². The van der Waals surface area contributed by atoms with Crippen LogP contribution in [0.1, 0.15) is 95.6 Å². The molecule has 2 aromatic rings. The van der Waals surface area contributed by atoms with Crippen LogP contribution in [0.5, 0.6) is 11.5 Å². The quantitative estimate of drug-likeness (QED) is 0.0573. The van der Waals surface area contributed by atoms with E-state index < -0.39 is 29.4 Å². The highest BCUT2D eigenvalue weighted by Crippen LogP contribution is 2.62. The first-order valence-corrected chi connectivity index (χ1v) is 21.8. The Balaban J connectivity index is 1.52. The minimum absolute atomic E-state index is 0.00418. The Kier molecular flexibility index (Phi) is 15.8. The minimum Gasteiger partial charge on any atom is -0.459 e. The molecule has 4 aliphatic rings. The van der Waals surface area contributed by atoms with Crippen molar-refractivity contribution in [2.24, 2.45) is 28.8 Å². The zero-order valence-electron chi connectivity index (χ0n) is 35.6. The molecule has 6 unspecified atom stereocenters. The van der Waals surface area contributed by atoms with E-state index >= 15 is 0 Å². The highest BCUT2D eigenvalue weighted by molar-refractivity contribution is 6.03. The highest BCUT2D eigenvalue weighted by atomic mass is 16.7. The fraction of sp³-hybridized carbons (Fsp3) is 0.596. The van der Waals surface area contributed by atoms with Gasteiger partial charge >= 0.3 is 6.09 Å². The van der Waals surface area contributed by atoms with Crippen molar-refractivity contribution in [3.63, 3.8) is 0 Å². The van der Waals surface area contributed by atoms with Crippen molar-refractivity contribution >= 4 is 17.7 Å². The number of oxime groups is 1. The number of fused-ring (bicyclic) bond motifs is 2. The number of carbonyl (C=O) groups is 2.